The Labute approximate surface area is 256 Å². The van der Waals surface area contributed by atoms with E-state index in [9.17, 15) is 48.7 Å². The van der Waals surface area contributed by atoms with Crippen molar-refractivity contribution in [1.29, 1.82) is 0 Å². The standard InChI is InChI=1S/C29H33F7N4O4S/c1-18(41)39-11-8-24(9-12-39)45(43,44)40-13-10-26(25(17-40)19-4-6-22(30)7-5-19)38(3)27(42)37(2)23-15-20(28(31,32)33)14-21(16-23)29(34,35)36/h4-7,14-16,24-26H,8-13,17H2,1-3H3/t25-,26+/m0/s1. The van der Waals surface area contributed by atoms with Crippen molar-refractivity contribution >= 4 is 27.6 Å². The Morgan fingerprint density at radius 2 is 1.38 bits per heavy atom. The first-order chi connectivity index (χ1) is 20.8. The van der Waals surface area contributed by atoms with Gasteiger partial charge in [0.15, 0.2) is 0 Å². The lowest BCUT2D eigenvalue weighted by molar-refractivity contribution is -0.143. The quantitative estimate of drug-likeness (QED) is 0.392. The van der Waals surface area contributed by atoms with E-state index in [0.717, 1.165) is 11.9 Å². The SMILES string of the molecule is CC(=O)N1CCC(S(=O)(=O)N2CC[C@@H](N(C)C(=O)N(C)c3cc(C(F)(F)F)cc(C(F)(F)F)c3)[C@H](c3ccc(F)cc3)C2)CC1. The molecular formula is C29H33F7N4O4S. The summed E-state index contributed by atoms with van der Waals surface area (Å²) in [4.78, 5) is 28.7. The maximum atomic E-state index is 13.8. The average Bonchev–Trinajstić information content (AvgIpc) is 2.99. The van der Waals surface area contributed by atoms with Crippen molar-refractivity contribution in [3.8, 4) is 0 Å². The molecule has 0 aliphatic carbocycles. The maximum Gasteiger partial charge on any atom is 0.416 e. The summed E-state index contributed by atoms with van der Waals surface area (Å²) in [5.41, 5.74) is -3.30. The number of benzene rings is 2. The Bertz CT molecular complexity index is 1480. The lowest BCUT2D eigenvalue weighted by Crippen LogP contribution is -2.56. The first-order valence-corrected chi connectivity index (χ1v) is 15.6. The molecule has 0 unspecified atom stereocenters. The fraction of sp³-hybridized carbons (Fsp3) is 0.517. The van der Waals surface area contributed by atoms with Crippen LogP contribution in [0.4, 0.5) is 41.2 Å². The van der Waals surface area contributed by atoms with Gasteiger partial charge in [-0.2, -0.15) is 26.3 Å². The van der Waals surface area contributed by atoms with Crippen molar-refractivity contribution in [3.05, 3.63) is 65.0 Å². The van der Waals surface area contributed by atoms with Crippen LogP contribution in [-0.4, -0.2) is 86.0 Å². The zero-order chi connectivity index (χ0) is 33.5. The number of carbonyl (C=O) groups excluding carboxylic acids is 2. The van der Waals surface area contributed by atoms with Gasteiger partial charge in [-0.3, -0.25) is 9.69 Å². The summed E-state index contributed by atoms with van der Waals surface area (Å²) in [6.07, 6.45) is -9.66. The summed E-state index contributed by atoms with van der Waals surface area (Å²) in [5, 5.41) is -0.743. The van der Waals surface area contributed by atoms with E-state index in [1.54, 1.807) is 4.90 Å². The predicted molar refractivity (Wildman–Crippen MR) is 151 cm³/mol. The molecule has 0 bridgehead atoms. The topological polar surface area (TPSA) is 81.2 Å². The number of piperidine rings is 2. The van der Waals surface area contributed by atoms with E-state index in [4.69, 9.17) is 0 Å². The van der Waals surface area contributed by atoms with Crippen molar-refractivity contribution in [2.45, 2.75) is 55.7 Å². The molecule has 45 heavy (non-hydrogen) atoms. The molecule has 2 aromatic carbocycles. The molecule has 3 amide bonds. The number of alkyl halides is 6. The summed E-state index contributed by atoms with van der Waals surface area (Å²) < 4.78 is 123. The minimum absolute atomic E-state index is 0.0132. The lowest BCUT2D eigenvalue weighted by atomic mass is 9.86. The van der Waals surface area contributed by atoms with Gasteiger partial charge in [0, 0.05) is 64.8 Å². The van der Waals surface area contributed by atoms with Crippen LogP contribution < -0.4 is 4.90 Å². The monoisotopic (exact) mass is 666 g/mol. The van der Waals surface area contributed by atoms with Crippen molar-refractivity contribution < 1.29 is 48.7 Å². The second-order valence-corrected chi connectivity index (χ2v) is 13.6. The van der Waals surface area contributed by atoms with Gasteiger partial charge in [-0.15, -0.1) is 0 Å². The van der Waals surface area contributed by atoms with Gasteiger partial charge in [-0.05, 0) is 55.2 Å². The van der Waals surface area contributed by atoms with Crippen LogP contribution in [0, 0.1) is 5.82 Å². The number of urea groups is 1. The third-order valence-electron chi connectivity index (χ3n) is 8.55. The van der Waals surface area contributed by atoms with E-state index in [1.165, 1.54) is 42.5 Å². The van der Waals surface area contributed by atoms with Crippen molar-refractivity contribution in [2.75, 3.05) is 45.2 Å². The number of sulfonamides is 1. The molecule has 2 aromatic rings. The number of carbonyl (C=O) groups is 2. The minimum Gasteiger partial charge on any atom is -0.343 e. The van der Waals surface area contributed by atoms with E-state index in [2.05, 4.69) is 0 Å². The Hall–Kier alpha value is -3.40. The largest absolute Gasteiger partial charge is 0.416 e. The summed E-state index contributed by atoms with van der Waals surface area (Å²) >= 11 is 0. The van der Waals surface area contributed by atoms with E-state index >= 15 is 0 Å². The molecule has 0 radical (unpaired) electrons. The number of hydrogen-bond donors (Lipinski definition) is 0. The molecule has 0 aromatic heterocycles. The van der Waals surface area contributed by atoms with Crippen LogP contribution in [0.5, 0.6) is 0 Å². The molecule has 2 heterocycles. The molecule has 0 saturated carbocycles. The van der Waals surface area contributed by atoms with Crippen LogP contribution in [0.2, 0.25) is 0 Å². The summed E-state index contributed by atoms with van der Waals surface area (Å²) in [5.74, 6) is -1.41. The number of amides is 3. The molecule has 2 saturated heterocycles. The van der Waals surface area contributed by atoms with Gasteiger partial charge in [0.25, 0.3) is 0 Å². The number of hydrogen-bond acceptors (Lipinski definition) is 4. The number of rotatable bonds is 5. The number of nitrogens with zero attached hydrogens (tertiary/aromatic N) is 4. The molecule has 8 nitrogen and oxygen atoms in total. The highest BCUT2D eigenvalue weighted by Crippen LogP contribution is 2.39. The van der Waals surface area contributed by atoms with Crippen molar-refractivity contribution in [2.24, 2.45) is 0 Å². The van der Waals surface area contributed by atoms with Gasteiger partial charge in [0.2, 0.25) is 15.9 Å². The Balaban J connectivity index is 1.62. The van der Waals surface area contributed by atoms with Gasteiger partial charge in [-0.25, -0.2) is 21.9 Å². The first kappa shape index (κ1) is 34.5. The first-order valence-electron chi connectivity index (χ1n) is 14.1. The van der Waals surface area contributed by atoms with Gasteiger partial charge in [0.1, 0.15) is 5.82 Å². The molecule has 2 atom stereocenters. The van der Waals surface area contributed by atoms with E-state index < -0.39 is 68.2 Å². The van der Waals surface area contributed by atoms with Crippen LogP contribution in [0.25, 0.3) is 0 Å². The highest BCUT2D eigenvalue weighted by atomic mass is 32.2. The highest BCUT2D eigenvalue weighted by Gasteiger charge is 2.43. The Morgan fingerprint density at radius 1 is 0.844 bits per heavy atom. The van der Waals surface area contributed by atoms with E-state index in [0.29, 0.717) is 22.6 Å². The van der Waals surface area contributed by atoms with Gasteiger partial charge >= 0.3 is 18.4 Å². The normalized spacial score (nSPS) is 20.6. The van der Waals surface area contributed by atoms with Gasteiger partial charge < -0.3 is 9.80 Å². The zero-order valence-electron chi connectivity index (χ0n) is 24.7. The number of likely N-dealkylation sites (N-methyl/N-ethyl adjacent to an activating group) is 1. The predicted octanol–water partition coefficient (Wildman–Crippen LogP) is 5.55. The minimum atomic E-state index is -5.11. The molecular weight excluding hydrogens is 633 g/mol. The molecule has 2 fully saturated rings. The third-order valence-corrected chi connectivity index (χ3v) is 10.9. The van der Waals surface area contributed by atoms with Crippen LogP contribution >= 0.6 is 0 Å². The van der Waals surface area contributed by atoms with Crippen LogP contribution in [0.1, 0.15) is 48.8 Å². The van der Waals surface area contributed by atoms with Crippen LogP contribution in [-0.2, 0) is 27.2 Å². The smallest absolute Gasteiger partial charge is 0.343 e. The Kier molecular flexibility index (Phi) is 9.79. The molecule has 2 aliphatic heterocycles. The maximum absolute atomic E-state index is 13.8. The molecule has 0 spiro atoms. The van der Waals surface area contributed by atoms with E-state index in [1.807, 2.05) is 0 Å². The Morgan fingerprint density at radius 3 is 1.87 bits per heavy atom. The second kappa shape index (κ2) is 12.8. The molecule has 248 valence electrons. The number of anilines is 1. The summed E-state index contributed by atoms with van der Waals surface area (Å²) in [7, 11) is -1.47. The fourth-order valence-corrected chi connectivity index (χ4v) is 7.90. The van der Waals surface area contributed by atoms with Crippen LogP contribution in [0.3, 0.4) is 0 Å². The average molecular weight is 667 g/mol. The van der Waals surface area contributed by atoms with Crippen molar-refractivity contribution in [3.63, 3.8) is 0 Å². The fourth-order valence-electron chi connectivity index (χ4n) is 5.94. The van der Waals surface area contributed by atoms with Crippen molar-refractivity contribution in [1.82, 2.24) is 14.1 Å². The van der Waals surface area contributed by atoms with Crippen LogP contribution in [0.15, 0.2) is 42.5 Å². The van der Waals surface area contributed by atoms with Gasteiger partial charge in [-0.1, -0.05) is 12.1 Å². The molecule has 16 heteroatoms. The highest BCUT2D eigenvalue weighted by molar-refractivity contribution is 7.89. The van der Waals surface area contributed by atoms with E-state index in [-0.39, 0.29) is 57.4 Å². The van der Waals surface area contributed by atoms with Gasteiger partial charge in [0.05, 0.1) is 16.4 Å². The number of likely N-dealkylation sites (tertiary alicyclic amines) is 1. The lowest BCUT2D eigenvalue weighted by Gasteiger charge is -2.44. The third kappa shape index (κ3) is 7.54. The molecule has 0 N–H and O–H groups in total. The molecule has 2 aliphatic rings. The second-order valence-electron chi connectivity index (χ2n) is 11.3. The summed E-state index contributed by atoms with van der Waals surface area (Å²) in [6, 6.07) is 4.43. The zero-order valence-corrected chi connectivity index (χ0v) is 25.5. The summed E-state index contributed by atoms with van der Waals surface area (Å²) in [6.45, 7) is 1.86. The molecule has 4 rings (SSSR count). The number of halogens is 7.